The van der Waals surface area contributed by atoms with Crippen LogP contribution in [0.2, 0.25) is 0 Å². The average Bonchev–Trinajstić information content (AvgIpc) is 2.55. The molecule has 0 aliphatic carbocycles. The monoisotopic (exact) mass is 297 g/mol. The van der Waals surface area contributed by atoms with Crippen molar-refractivity contribution in [3.63, 3.8) is 0 Å². The number of aryl methyl sites for hydroxylation is 1. The summed E-state index contributed by atoms with van der Waals surface area (Å²) in [5.74, 6) is 2.29. The van der Waals surface area contributed by atoms with Gasteiger partial charge in [-0.3, -0.25) is 0 Å². The third-order valence-corrected chi connectivity index (χ3v) is 5.17. The summed E-state index contributed by atoms with van der Waals surface area (Å²) >= 11 is 2.02. The fourth-order valence-electron chi connectivity index (χ4n) is 2.85. The van der Waals surface area contributed by atoms with Gasteiger partial charge in [0.15, 0.2) is 0 Å². The van der Waals surface area contributed by atoms with E-state index in [-0.39, 0.29) is 0 Å². The molecule has 2 aromatic rings. The first-order valence-electron chi connectivity index (χ1n) is 7.88. The smallest absolute Gasteiger partial charge is 0.0607 e. The van der Waals surface area contributed by atoms with Gasteiger partial charge in [0.05, 0.1) is 6.04 Å². The van der Waals surface area contributed by atoms with Gasteiger partial charge in [0.1, 0.15) is 0 Å². The molecule has 3 rings (SSSR count). The number of rotatable bonds is 5. The SMILES string of the molecule is CCCCc1ccc(NC2CSCc3ccccc32)cc1. The van der Waals surface area contributed by atoms with Gasteiger partial charge >= 0.3 is 0 Å². The first-order chi connectivity index (χ1) is 10.4. The largest absolute Gasteiger partial charge is 0.377 e. The maximum atomic E-state index is 3.70. The Hall–Kier alpha value is -1.41. The number of fused-ring (bicyclic) bond motifs is 1. The van der Waals surface area contributed by atoms with E-state index in [0.29, 0.717) is 6.04 Å². The zero-order valence-electron chi connectivity index (χ0n) is 12.6. The number of nitrogens with one attached hydrogen (secondary N) is 1. The summed E-state index contributed by atoms with van der Waals surface area (Å²) in [5.41, 5.74) is 5.62. The minimum absolute atomic E-state index is 0.432. The predicted molar refractivity (Wildman–Crippen MR) is 94.0 cm³/mol. The first-order valence-corrected chi connectivity index (χ1v) is 9.03. The van der Waals surface area contributed by atoms with Crippen molar-refractivity contribution >= 4 is 17.4 Å². The molecule has 0 amide bonds. The van der Waals surface area contributed by atoms with Crippen molar-refractivity contribution in [1.29, 1.82) is 0 Å². The molecule has 1 nitrogen and oxygen atoms in total. The molecule has 1 atom stereocenters. The lowest BCUT2D eigenvalue weighted by molar-refractivity contribution is 0.795. The van der Waals surface area contributed by atoms with Crippen LogP contribution in [0.3, 0.4) is 0 Å². The van der Waals surface area contributed by atoms with Crippen molar-refractivity contribution in [3.05, 3.63) is 65.2 Å². The molecule has 110 valence electrons. The van der Waals surface area contributed by atoms with Gasteiger partial charge in [-0.25, -0.2) is 0 Å². The summed E-state index contributed by atoms with van der Waals surface area (Å²) in [4.78, 5) is 0. The second kappa shape index (κ2) is 7.04. The highest BCUT2D eigenvalue weighted by molar-refractivity contribution is 7.98. The summed E-state index contributed by atoms with van der Waals surface area (Å²) < 4.78 is 0. The van der Waals surface area contributed by atoms with Crippen molar-refractivity contribution in [2.24, 2.45) is 0 Å². The number of unbranched alkanes of at least 4 members (excludes halogenated alkanes) is 1. The highest BCUT2D eigenvalue weighted by atomic mass is 32.2. The van der Waals surface area contributed by atoms with Crippen LogP contribution in [0.1, 0.15) is 42.5 Å². The Balaban J connectivity index is 1.70. The molecule has 1 unspecified atom stereocenters. The van der Waals surface area contributed by atoms with E-state index in [9.17, 15) is 0 Å². The molecule has 21 heavy (non-hydrogen) atoms. The van der Waals surface area contributed by atoms with Crippen molar-refractivity contribution < 1.29 is 0 Å². The molecule has 0 aromatic heterocycles. The molecule has 1 aliphatic heterocycles. The molecule has 0 spiro atoms. The molecule has 2 aromatic carbocycles. The van der Waals surface area contributed by atoms with Crippen LogP contribution in [-0.2, 0) is 12.2 Å². The summed E-state index contributed by atoms with van der Waals surface area (Å²) in [5, 5.41) is 3.70. The van der Waals surface area contributed by atoms with E-state index < -0.39 is 0 Å². The Morgan fingerprint density at radius 1 is 1.10 bits per heavy atom. The normalized spacial score (nSPS) is 17.3. The Morgan fingerprint density at radius 2 is 1.90 bits per heavy atom. The quantitative estimate of drug-likeness (QED) is 0.790. The lowest BCUT2D eigenvalue weighted by Crippen LogP contribution is -2.18. The average molecular weight is 297 g/mol. The molecule has 0 bridgehead atoms. The second-order valence-corrected chi connectivity index (χ2v) is 6.74. The molecule has 0 fully saturated rings. The van der Waals surface area contributed by atoms with Gasteiger partial charge in [-0.2, -0.15) is 11.8 Å². The predicted octanol–water partition coefficient (Wildman–Crippen LogP) is 5.43. The van der Waals surface area contributed by atoms with E-state index >= 15 is 0 Å². The number of benzene rings is 2. The maximum absolute atomic E-state index is 3.70. The van der Waals surface area contributed by atoms with Crippen LogP contribution < -0.4 is 5.32 Å². The maximum Gasteiger partial charge on any atom is 0.0607 e. The van der Waals surface area contributed by atoms with Crippen molar-refractivity contribution in [2.75, 3.05) is 11.1 Å². The van der Waals surface area contributed by atoms with E-state index in [2.05, 4.69) is 60.8 Å². The molecule has 1 aliphatic rings. The zero-order chi connectivity index (χ0) is 14.5. The standard InChI is InChI=1S/C19H23NS/c1-2-3-6-15-9-11-17(12-10-15)20-19-14-21-13-16-7-4-5-8-18(16)19/h4-5,7-12,19-20H,2-3,6,13-14H2,1H3. The van der Waals surface area contributed by atoms with Crippen LogP contribution in [-0.4, -0.2) is 5.75 Å². The Bertz CT molecular complexity index is 576. The van der Waals surface area contributed by atoms with Crippen LogP contribution in [0.25, 0.3) is 0 Å². The van der Waals surface area contributed by atoms with Gasteiger partial charge in [0.2, 0.25) is 0 Å². The van der Waals surface area contributed by atoms with Crippen molar-refractivity contribution in [1.82, 2.24) is 0 Å². The summed E-state index contributed by atoms with van der Waals surface area (Å²) in [6.45, 7) is 2.24. The second-order valence-electron chi connectivity index (χ2n) is 5.71. The molecule has 1 heterocycles. The van der Waals surface area contributed by atoms with Crippen LogP contribution in [0.15, 0.2) is 48.5 Å². The van der Waals surface area contributed by atoms with Crippen LogP contribution >= 0.6 is 11.8 Å². The Labute approximate surface area is 132 Å². The minimum atomic E-state index is 0.432. The van der Waals surface area contributed by atoms with Crippen LogP contribution in [0, 0.1) is 0 Å². The molecule has 0 radical (unpaired) electrons. The molecule has 0 saturated heterocycles. The highest BCUT2D eigenvalue weighted by Gasteiger charge is 2.19. The van der Waals surface area contributed by atoms with Crippen molar-refractivity contribution in [2.45, 2.75) is 38.0 Å². The molecule has 1 N–H and O–H groups in total. The van der Waals surface area contributed by atoms with Crippen LogP contribution in [0.5, 0.6) is 0 Å². The molecular formula is C19H23NS. The Kier molecular flexibility index (Phi) is 4.87. The van der Waals surface area contributed by atoms with Gasteiger partial charge < -0.3 is 5.32 Å². The van der Waals surface area contributed by atoms with Gasteiger partial charge in [0.25, 0.3) is 0 Å². The minimum Gasteiger partial charge on any atom is -0.377 e. The zero-order valence-corrected chi connectivity index (χ0v) is 13.5. The fraction of sp³-hybridized carbons (Fsp3) is 0.368. The third-order valence-electron chi connectivity index (χ3n) is 4.09. The molecule has 2 heteroatoms. The van der Waals surface area contributed by atoms with E-state index in [1.54, 1.807) is 0 Å². The van der Waals surface area contributed by atoms with E-state index in [4.69, 9.17) is 0 Å². The fourth-order valence-corrected chi connectivity index (χ4v) is 3.95. The summed E-state index contributed by atoms with van der Waals surface area (Å²) in [6, 6.07) is 18.2. The topological polar surface area (TPSA) is 12.0 Å². The van der Waals surface area contributed by atoms with E-state index in [1.165, 1.54) is 41.6 Å². The van der Waals surface area contributed by atoms with E-state index in [1.807, 2.05) is 11.8 Å². The van der Waals surface area contributed by atoms with Gasteiger partial charge in [-0.15, -0.1) is 0 Å². The lowest BCUT2D eigenvalue weighted by Gasteiger charge is -2.27. The van der Waals surface area contributed by atoms with Crippen LogP contribution in [0.4, 0.5) is 5.69 Å². The number of hydrogen-bond acceptors (Lipinski definition) is 2. The van der Waals surface area contributed by atoms with Gasteiger partial charge in [-0.1, -0.05) is 49.7 Å². The molecule has 0 saturated carbocycles. The Morgan fingerprint density at radius 3 is 2.71 bits per heavy atom. The van der Waals surface area contributed by atoms with Crippen molar-refractivity contribution in [3.8, 4) is 0 Å². The van der Waals surface area contributed by atoms with E-state index in [0.717, 1.165) is 11.5 Å². The van der Waals surface area contributed by atoms with Gasteiger partial charge in [-0.05, 0) is 41.7 Å². The third kappa shape index (κ3) is 3.62. The van der Waals surface area contributed by atoms with Gasteiger partial charge in [0, 0.05) is 17.2 Å². The number of hydrogen-bond donors (Lipinski definition) is 1. The first kappa shape index (κ1) is 14.5. The lowest BCUT2D eigenvalue weighted by atomic mass is 10.0. The number of anilines is 1. The number of thioether (sulfide) groups is 1. The molecular weight excluding hydrogens is 274 g/mol. The highest BCUT2D eigenvalue weighted by Crippen LogP contribution is 2.33. The summed E-state index contributed by atoms with van der Waals surface area (Å²) in [7, 11) is 0. The summed E-state index contributed by atoms with van der Waals surface area (Å²) in [6.07, 6.45) is 3.73.